The first-order valence-electron chi connectivity index (χ1n) is 7.30. The van der Waals surface area contributed by atoms with Gasteiger partial charge in [-0.1, -0.05) is 0 Å². The maximum atomic E-state index is 5.77. The van der Waals surface area contributed by atoms with Gasteiger partial charge in [0.05, 0.1) is 13.2 Å². The molecule has 7 heteroatoms. The van der Waals surface area contributed by atoms with E-state index in [0.29, 0.717) is 12.4 Å². The summed E-state index contributed by atoms with van der Waals surface area (Å²) in [5.41, 5.74) is 6.57. The van der Waals surface area contributed by atoms with Crippen LogP contribution in [-0.2, 0) is 4.74 Å². The number of thiazole rings is 1. The summed E-state index contributed by atoms with van der Waals surface area (Å²) in [6.07, 6.45) is 0. The molecule has 1 fully saturated rings. The Morgan fingerprint density at radius 2 is 2.05 bits per heavy atom. The van der Waals surface area contributed by atoms with Crippen molar-refractivity contribution in [3.05, 3.63) is 29.6 Å². The first-order chi connectivity index (χ1) is 10.8. The number of nitrogen functional groups attached to an aromatic ring is 1. The molecule has 1 saturated heterocycles. The number of nitrogens with two attached hydrogens (primary N) is 1. The first-order valence-corrected chi connectivity index (χ1v) is 8.18. The Kier molecular flexibility index (Phi) is 5.10. The topological polar surface area (TPSA) is 72.6 Å². The molecule has 2 aromatic rings. The van der Waals surface area contributed by atoms with E-state index >= 15 is 0 Å². The average Bonchev–Trinajstić information content (AvgIpc) is 2.95. The third-order valence-electron chi connectivity index (χ3n) is 3.41. The minimum absolute atomic E-state index is 0.538. The van der Waals surface area contributed by atoms with Crippen molar-refractivity contribution >= 4 is 28.0 Å². The van der Waals surface area contributed by atoms with Crippen molar-refractivity contribution in [3.63, 3.8) is 0 Å². The lowest BCUT2D eigenvalue weighted by atomic mass is 10.3. The van der Waals surface area contributed by atoms with Crippen molar-refractivity contribution in [1.82, 2.24) is 9.88 Å². The lowest BCUT2D eigenvalue weighted by molar-refractivity contribution is 0.0322. The van der Waals surface area contributed by atoms with E-state index in [-0.39, 0.29) is 0 Å². The minimum atomic E-state index is 0.538. The quantitative estimate of drug-likeness (QED) is 0.850. The third-order valence-corrected chi connectivity index (χ3v) is 4.18. The Morgan fingerprint density at radius 3 is 2.73 bits per heavy atom. The molecule has 2 heterocycles. The second-order valence-electron chi connectivity index (χ2n) is 5.03. The van der Waals surface area contributed by atoms with Crippen molar-refractivity contribution in [2.24, 2.45) is 0 Å². The van der Waals surface area contributed by atoms with Gasteiger partial charge in [0.1, 0.15) is 18.2 Å². The fourth-order valence-corrected chi connectivity index (χ4v) is 2.84. The van der Waals surface area contributed by atoms with Crippen LogP contribution in [0.5, 0.6) is 5.75 Å². The normalized spacial score (nSPS) is 15.6. The molecule has 118 valence electrons. The number of hydrogen-bond donors (Lipinski definition) is 2. The molecule has 0 bridgehead atoms. The van der Waals surface area contributed by atoms with Crippen molar-refractivity contribution < 1.29 is 9.47 Å². The van der Waals surface area contributed by atoms with Gasteiger partial charge >= 0.3 is 0 Å². The number of anilines is 3. The summed E-state index contributed by atoms with van der Waals surface area (Å²) >= 11 is 1.48. The van der Waals surface area contributed by atoms with Gasteiger partial charge in [-0.3, -0.25) is 4.90 Å². The summed E-state index contributed by atoms with van der Waals surface area (Å²) in [6.45, 7) is 5.24. The molecule has 0 spiro atoms. The molecule has 3 N–H and O–H groups in total. The molecular weight excluding hydrogens is 300 g/mol. The molecule has 0 amide bonds. The molecule has 1 aromatic heterocycles. The predicted molar refractivity (Wildman–Crippen MR) is 89.0 cm³/mol. The zero-order valence-electron chi connectivity index (χ0n) is 12.3. The van der Waals surface area contributed by atoms with E-state index in [9.17, 15) is 0 Å². The van der Waals surface area contributed by atoms with Crippen LogP contribution in [0.15, 0.2) is 29.6 Å². The van der Waals surface area contributed by atoms with Crippen LogP contribution in [0.25, 0.3) is 0 Å². The van der Waals surface area contributed by atoms with E-state index in [1.54, 1.807) is 0 Å². The van der Waals surface area contributed by atoms with E-state index in [0.717, 1.165) is 49.4 Å². The van der Waals surface area contributed by atoms with Crippen LogP contribution < -0.4 is 15.8 Å². The number of rotatable bonds is 6. The number of aromatic nitrogens is 1. The maximum absolute atomic E-state index is 5.77. The zero-order chi connectivity index (χ0) is 15.2. The number of benzene rings is 1. The largest absolute Gasteiger partial charge is 0.492 e. The molecule has 1 aliphatic rings. The second-order valence-corrected chi connectivity index (χ2v) is 5.89. The Morgan fingerprint density at radius 1 is 1.27 bits per heavy atom. The Hall–Kier alpha value is -1.83. The first kappa shape index (κ1) is 15.1. The molecule has 0 atom stereocenters. The lowest BCUT2D eigenvalue weighted by Gasteiger charge is -2.26. The fraction of sp³-hybridized carbons (Fsp3) is 0.400. The lowest BCUT2D eigenvalue weighted by Crippen LogP contribution is -2.38. The molecule has 3 rings (SSSR count). The monoisotopic (exact) mass is 320 g/mol. The van der Waals surface area contributed by atoms with Crippen LogP contribution >= 0.6 is 11.3 Å². The zero-order valence-corrected chi connectivity index (χ0v) is 13.1. The van der Waals surface area contributed by atoms with Crippen molar-refractivity contribution in [2.75, 3.05) is 50.5 Å². The van der Waals surface area contributed by atoms with Crippen molar-refractivity contribution in [2.45, 2.75) is 0 Å². The van der Waals surface area contributed by atoms with Gasteiger partial charge in [-0.25, -0.2) is 4.98 Å². The van der Waals surface area contributed by atoms with Crippen molar-refractivity contribution in [1.29, 1.82) is 0 Å². The predicted octanol–water partition coefficient (Wildman–Crippen LogP) is 2.18. The van der Waals surface area contributed by atoms with Gasteiger partial charge in [-0.15, -0.1) is 11.3 Å². The highest BCUT2D eigenvalue weighted by atomic mass is 32.1. The van der Waals surface area contributed by atoms with E-state index < -0.39 is 0 Å². The summed E-state index contributed by atoms with van der Waals surface area (Å²) in [7, 11) is 0. The van der Waals surface area contributed by atoms with Crippen LogP contribution in [0, 0.1) is 0 Å². The molecule has 0 saturated carbocycles. The minimum Gasteiger partial charge on any atom is -0.492 e. The number of ether oxygens (including phenoxy) is 2. The van der Waals surface area contributed by atoms with E-state index in [1.807, 2.05) is 29.6 Å². The SMILES string of the molecule is Nc1csc(Nc2ccc(OCCN3CCOCC3)cc2)n1. The molecule has 1 aromatic carbocycles. The highest BCUT2D eigenvalue weighted by molar-refractivity contribution is 7.14. The van der Waals surface area contributed by atoms with Crippen LogP contribution in [-0.4, -0.2) is 49.3 Å². The highest BCUT2D eigenvalue weighted by Crippen LogP contribution is 2.23. The second kappa shape index (κ2) is 7.44. The van der Waals surface area contributed by atoms with Crippen LogP contribution in [0.1, 0.15) is 0 Å². The van der Waals surface area contributed by atoms with Gasteiger partial charge in [-0.2, -0.15) is 0 Å². The molecule has 22 heavy (non-hydrogen) atoms. The molecule has 0 unspecified atom stereocenters. The highest BCUT2D eigenvalue weighted by Gasteiger charge is 2.09. The number of morpholine rings is 1. The van der Waals surface area contributed by atoms with Gasteiger partial charge in [0.25, 0.3) is 0 Å². The smallest absolute Gasteiger partial charge is 0.189 e. The fourth-order valence-electron chi connectivity index (χ4n) is 2.22. The summed E-state index contributed by atoms with van der Waals surface area (Å²) in [5, 5.41) is 5.81. The van der Waals surface area contributed by atoms with E-state index in [2.05, 4.69) is 15.2 Å². The average molecular weight is 320 g/mol. The van der Waals surface area contributed by atoms with Gasteiger partial charge in [0.15, 0.2) is 5.13 Å². The molecule has 6 nitrogen and oxygen atoms in total. The van der Waals surface area contributed by atoms with E-state index in [4.69, 9.17) is 15.2 Å². The van der Waals surface area contributed by atoms with Gasteiger partial charge in [0.2, 0.25) is 0 Å². The standard InChI is InChI=1S/C15H20N4O2S/c16-14-11-22-15(18-14)17-12-1-3-13(4-2-12)21-10-7-19-5-8-20-9-6-19/h1-4,11H,5-10,16H2,(H,17,18). The Labute approximate surface area is 133 Å². The van der Waals surface area contributed by atoms with Gasteiger partial charge < -0.3 is 20.5 Å². The molecular formula is C15H20N4O2S. The summed E-state index contributed by atoms with van der Waals surface area (Å²) < 4.78 is 11.1. The maximum Gasteiger partial charge on any atom is 0.189 e. The summed E-state index contributed by atoms with van der Waals surface area (Å²) in [6, 6.07) is 7.86. The van der Waals surface area contributed by atoms with Crippen LogP contribution in [0.4, 0.5) is 16.6 Å². The number of nitrogens with one attached hydrogen (secondary N) is 1. The number of nitrogens with zero attached hydrogens (tertiary/aromatic N) is 2. The summed E-state index contributed by atoms with van der Waals surface area (Å²) in [4.78, 5) is 6.52. The van der Waals surface area contributed by atoms with E-state index in [1.165, 1.54) is 11.3 Å². The summed E-state index contributed by atoms with van der Waals surface area (Å²) in [5.74, 6) is 1.41. The molecule has 0 aliphatic carbocycles. The number of hydrogen-bond acceptors (Lipinski definition) is 7. The Bertz CT molecular complexity index is 581. The Balaban J connectivity index is 1.44. The molecule has 1 aliphatic heterocycles. The van der Waals surface area contributed by atoms with Gasteiger partial charge in [0, 0.05) is 30.7 Å². The van der Waals surface area contributed by atoms with Gasteiger partial charge in [-0.05, 0) is 24.3 Å². The van der Waals surface area contributed by atoms with Crippen LogP contribution in [0.3, 0.4) is 0 Å². The van der Waals surface area contributed by atoms with Crippen LogP contribution in [0.2, 0.25) is 0 Å². The van der Waals surface area contributed by atoms with Crippen molar-refractivity contribution in [3.8, 4) is 5.75 Å². The third kappa shape index (κ3) is 4.33. The molecule has 0 radical (unpaired) electrons.